The second kappa shape index (κ2) is 7.38. The van der Waals surface area contributed by atoms with Crippen LogP contribution in [0.15, 0.2) is 54.6 Å². The van der Waals surface area contributed by atoms with Crippen molar-refractivity contribution in [2.45, 2.75) is 19.3 Å². The van der Waals surface area contributed by atoms with Gasteiger partial charge in [0.05, 0.1) is 0 Å². The maximum atomic E-state index is 12.7. The Bertz CT molecular complexity index is 757. The maximum Gasteiger partial charge on any atom is 0.321 e. The van der Waals surface area contributed by atoms with E-state index in [0.29, 0.717) is 5.75 Å². The summed E-state index contributed by atoms with van der Waals surface area (Å²) in [4.78, 5) is 14.7. The standard InChI is InChI=1S/C21H25N3O2/c25-20(24-13-5-10-21(16-24)11-12-22-15-21)23-17-6-4-9-19(14-17)26-18-7-2-1-3-8-18/h1-4,6-9,14,22H,5,10-13,15-16H2,(H,23,25). The summed E-state index contributed by atoms with van der Waals surface area (Å²) in [6.45, 7) is 3.76. The summed E-state index contributed by atoms with van der Waals surface area (Å²) in [5.74, 6) is 1.49. The van der Waals surface area contributed by atoms with Crippen molar-refractivity contribution in [3.05, 3.63) is 54.6 Å². The molecule has 2 aliphatic heterocycles. The molecule has 2 fully saturated rings. The second-order valence-corrected chi connectivity index (χ2v) is 7.32. The number of nitrogens with zero attached hydrogens (tertiary/aromatic N) is 1. The highest BCUT2D eigenvalue weighted by Crippen LogP contribution is 2.35. The lowest BCUT2D eigenvalue weighted by Crippen LogP contribution is -2.48. The van der Waals surface area contributed by atoms with Gasteiger partial charge < -0.3 is 20.3 Å². The molecule has 2 aromatic rings. The Morgan fingerprint density at radius 3 is 2.73 bits per heavy atom. The van der Waals surface area contributed by atoms with Crippen LogP contribution in [0.3, 0.4) is 0 Å². The van der Waals surface area contributed by atoms with Crippen LogP contribution in [-0.2, 0) is 0 Å². The zero-order chi connectivity index (χ0) is 17.8. The van der Waals surface area contributed by atoms with Crippen molar-refractivity contribution in [1.29, 1.82) is 0 Å². The van der Waals surface area contributed by atoms with Gasteiger partial charge in [0.25, 0.3) is 0 Å². The molecule has 5 nitrogen and oxygen atoms in total. The van der Waals surface area contributed by atoms with Crippen molar-refractivity contribution in [3.63, 3.8) is 0 Å². The van der Waals surface area contributed by atoms with Crippen LogP contribution < -0.4 is 15.4 Å². The van der Waals surface area contributed by atoms with E-state index in [-0.39, 0.29) is 11.4 Å². The molecule has 2 aliphatic rings. The van der Waals surface area contributed by atoms with Crippen molar-refractivity contribution in [2.24, 2.45) is 5.41 Å². The Balaban J connectivity index is 1.40. The highest BCUT2D eigenvalue weighted by atomic mass is 16.5. The van der Waals surface area contributed by atoms with Crippen LogP contribution >= 0.6 is 0 Å². The van der Waals surface area contributed by atoms with Gasteiger partial charge in [0.2, 0.25) is 0 Å². The number of amides is 2. The van der Waals surface area contributed by atoms with Gasteiger partial charge in [0.15, 0.2) is 0 Å². The molecule has 1 atom stereocenters. The van der Waals surface area contributed by atoms with Crippen LogP contribution in [0, 0.1) is 5.41 Å². The van der Waals surface area contributed by atoms with Gasteiger partial charge in [-0.15, -0.1) is 0 Å². The Labute approximate surface area is 154 Å². The topological polar surface area (TPSA) is 53.6 Å². The van der Waals surface area contributed by atoms with E-state index in [2.05, 4.69) is 10.6 Å². The number of carbonyl (C=O) groups excluding carboxylic acids is 1. The lowest BCUT2D eigenvalue weighted by Gasteiger charge is -2.39. The number of rotatable bonds is 3. The van der Waals surface area contributed by atoms with E-state index in [4.69, 9.17) is 4.74 Å². The SMILES string of the molecule is O=C(Nc1cccc(Oc2ccccc2)c1)N1CCCC2(CCNC2)C1. The first-order valence-electron chi connectivity index (χ1n) is 9.32. The molecule has 1 spiro atoms. The fourth-order valence-corrected chi connectivity index (χ4v) is 3.99. The third-order valence-electron chi connectivity index (χ3n) is 5.34. The molecule has 26 heavy (non-hydrogen) atoms. The first-order valence-corrected chi connectivity index (χ1v) is 9.32. The molecule has 0 aromatic heterocycles. The molecule has 2 saturated heterocycles. The number of likely N-dealkylation sites (tertiary alicyclic amines) is 1. The van der Waals surface area contributed by atoms with E-state index < -0.39 is 0 Å². The largest absolute Gasteiger partial charge is 0.457 e. The number of benzene rings is 2. The second-order valence-electron chi connectivity index (χ2n) is 7.32. The fourth-order valence-electron chi connectivity index (χ4n) is 3.99. The minimum absolute atomic E-state index is 0.0205. The zero-order valence-electron chi connectivity index (χ0n) is 14.9. The molecule has 2 heterocycles. The van der Waals surface area contributed by atoms with Gasteiger partial charge in [-0.2, -0.15) is 0 Å². The Kier molecular flexibility index (Phi) is 4.80. The Hall–Kier alpha value is -2.53. The van der Waals surface area contributed by atoms with Crippen LogP contribution in [0.5, 0.6) is 11.5 Å². The van der Waals surface area contributed by atoms with Crippen LogP contribution in [-0.4, -0.2) is 37.1 Å². The van der Waals surface area contributed by atoms with Gasteiger partial charge in [-0.3, -0.25) is 0 Å². The summed E-state index contributed by atoms with van der Waals surface area (Å²) >= 11 is 0. The molecular weight excluding hydrogens is 326 g/mol. The monoisotopic (exact) mass is 351 g/mol. The van der Waals surface area contributed by atoms with Crippen molar-refractivity contribution >= 4 is 11.7 Å². The summed E-state index contributed by atoms with van der Waals surface area (Å²) < 4.78 is 5.85. The first-order chi connectivity index (χ1) is 12.7. The summed E-state index contributed by atoms with van der Waals surface area (Å²) in [6.07, 6.45) is 3.45. The van der Waals surface area contributed by atoms with Gasteiger partial charge in [-0.25, -0.2) is 4.79 Å². The van der Waals surface area contributed by atoms with E-state index >= 15 is 0 Å². The van der Waals surface area contributed by atoms with Crippen molar-refractivity contribution < 1.29 is 9.53 Å². The Morgan fingerprint density at radius 1 is 1.08 bits per heavy atom. The third-order valence-corrected chi connectivity index (χ3v) is 5.34. The molecule has 5 heteroatoms. The molecule has 1 unspecified atom stereocenters. The van der Waals surface area contributed by atoms with E-state index in [9.17, 15) is 4.79 Å². The molecule has 0 saturated carbocycles. The zero-order valence-corrected chi connectivity index (χ0v) is 14.9. The molecule has 136 valence electrons. The number of hydrogen-bond donors (Lipinski definition) is 2. The fraction of sp³-hybridized carbons (Fsp3) is 0.381. The molecular formula is C21H25N3O2. The summed E-state index contributed by atoms with van der Waals surface area (Å²) in [5.41, 5.74) is 1.03. The normalized spacial score (nSPS) is 22.4. The number of ether oxygens (including phenoxy) is 1. The smallest absolute Gasteiger partial charge is 0.321 e. The lowest BCUT2D eigenvalue weighted by molar-refractivity contribution is 0.125. The highest BCUT2D eigenvalue weighted by molar-refractivity contribution is 5.89. The minimum Gasteiger partial charge on any atom is -0.457 e. The van der Waals surface area contributed by atoms with Gasteiger partial charge in [-0.1, -0.05) is 24.3 Å². The van der Waals surface area contributed by atoms with Crippen LogP contribution in [0.1, 0.15) is 19.3 Å². The Morgan fingerprint density at radius 2 is 1.92 bits per heavy atom. The van der Waals surface area contributed by atoms with Crippen molar-refractivity contribution in [1.82, 2.24) is 10.2 Å². The van der Waals surface area contributed by atoms with Gasteiger partial charge in [0.1, 0.15) is 11.5 Å². The molecule has 0 radical (unpaired) electrons. The van der Waals surface area contributed by atoms with Crippen LogP contribution in [0.2, 0.25) is 0 Å². The molecule has 0 bridgehead atoms. The molecule has 2 N–H and O–H groups in total. The molecule has 2 aromatic carbocycles. The lowest BCUT2D eigenvalue weighted by atomic mass is 9.79. The predicted octanol–water partition coefficient (Wildman–Crippen LogP) is 4.09. The predicted molar refractivity (Wildman–Crippen MR) is 103 cm³/mol. The van der Waals surface area contributed by atoms with Crippen LogP contribution in [0.25, 0.3) is 0 Å². The summed E-state index contributed by atoms with van der Waals surface area (Å²) in [5, 5.41) is 6.48. The van der Waals surface area contributed by atoms with Gasteiger partial charge in [-0.05, 0) is 50.1 Å². The van der Waals surface area contributed by atoms with Gasteiger partial charge in [0, 0.05) is 36.8 Å². The first kappa shape index (κ1) is 16.9. The van der Waals surface area contributed by atoms with E-state index in [1.54, 1.807) is 0 Å². The molecule has 2 amide bonds. The number of carbonyl (C=O) groups is 1. The van der Waals surface area contributed by atoms with Gasteiger partial charge >= 0.3 is 6.03 Å². The number of para-hydroxylation sites is 1. The summed E-state index contributed by atoms with van der Waals surface area (Å²) in [6, 6.07) is 17.2. The molecule has 0 aliphatic carbocycles. The summed E-state index contributed by atoms with van der Waals surface area (Å²) in [7, 11) is 0. The number of urea groups is 1. The quantitative estimate of drug-likeness (QED) is 0.876. The van der Waals surface area contributed by atoms with E-state index in [0.717, 1.165) is 50.5 Å². The average molecular weight is 351 g/mol. The number of piperidine rings is 1. The number of anilines is 1. The van der Waals surface area contributed by atoms with Crippen molar-refractivity contribution in [2.75, 3.05) is 31.5 Å². The average Bonchev–Trinajstić information content (AvgIpc) is 3.10. The highest BCUT2D eigenvalue weighted by Gasteiger charge is 2.39. The molecule has 4 rings (SSSR count). The minimum atomic E-state index is -0.0205. The van der Waals surface area contributed by atoms with Crippen LogP contribution in [0.4, 0.5) is 10.5 Å². The number of hydrogen-bond acceptors (Lipinski definition) is 3. The van der Waals surface area contributed by atoms with E-state index in [1.165, 1.54) is 6.42 Å². The number of nitrogens with one attached hydrogen (secondary N) is 2. The third kappa shape index (κ3) is 3.83. The maximum absolute atomic E-state index is 12.7. The van der Waals surface area contributed by atoms with E-state index in [1.807, 2.05) is 59.5 Å². The van der Waals surface area contributed by atoms with Crippen molar-refractivity contribution in [3.8, 4) is 11.5 Å².